The topological polar surface area (TPSA) is 76.6 Å². The van der Waals surface area contributed by atoms with E-state index in [9.17, 15) is 4.79 Å². The Morgan fingerprint density at radius 1 is 1.23 bits per heavy atom. The van der Waals surface area contributed by atoms with Crippen molar-refractivity contribution in [1.29, 1.82) is 0 Å². The fraction of sp³-hybridized carbons (Fsp3) is 0.421. The van der Waals surface area contributed by atoms with Crippen molar-refractivity contribution in [2.45, 2.75) is 25.3 Å². The average Bonchev–Trinajstić information content (AvgIpc) is 3.37. The standard InChI is InChI=1S/C19H22N4O3/c24-19(23(16-3-4-16)12-14-7-10-25-13-14)22-15-1-5-17(6-2-15)26-18-11-20-8-9-21-18/h1-2,5-6,8-9,11,14,16H,3-4,7,10,12-13H2,(H,22,24). The van der Waals surface area contributed by atoms with E-state index in [1.54, 1.807) is 30.7 Å². The van der Waals surface area contributed by atoms with Crippen LogP contribution in [0.15, 0.2) is 42.9 Å². The molecule has 26 heavy (non-hydrogen) atoms. The van der Waals surface area contributed by atoms with Gasteiger partial charge < -0.3 is 19.7 Å². The summed E-state index contributed by atoms with van der Waals surface area (Å²) in [4.78, 5) is 22.7. The smallest absolute Gasteiger partial charge is 0.322 e. The van der Waals surface area contributed by atoms with Crippen molar-refractivity contribution in [3.05, 3.63) is 42.9 Å². The number of urea groups is 1. The molecule has 0 spiro atoms. The molecule has 136 valence electrons. The first-order valence-electron chi connectivity index (χ1n) is 8.97. The normalized spacial score (nSPS) is 19.2. The molecule has 1 aromatic heterocycles. The Morgan fingerprint density at radius 3 is 2.73 bits per heavy atom. The third-order valence-electron chi connectivity index (χ3n) is 4.59. The third kappa shape index (κ3) is 4.29. The van der Waals surface area contributed by atoms with Crippen LogP contribution in [-0.4, -0.2) is 46.7 Å². The summed E-state index contributed by atoms with van der Waals surface area (Å²) in [5, 5.41) is 2.99. The summed E-state index contributed by atoms with van der Waals surface area (Å²) in [7, 11) is 0. The van der Waals surface area contributed by atoms with E-state index >= 15 is 0 Å². The summed E-state index contributed by atoms with van der Waals surface area (Å²) in [6.07, 6.45) is 7.93. The van der Waals surface area contributed by atoms with Crippen molar-refractivity contribution >= 4 is 11.7 Å². The number of carbonyl (C=O) groups excluding carboxylic acids is 1. The molecule has 1 aromatic carbocycles. The molecule has 7 nitrogen and oxygen atoms in total. The molecule has 1 saturated heterocycles. The van der Waals surface area contributed by atoms with Gasteiger partial charge in [0.1, 0.15) is 5.75 Å². The predicted molar refractivity (Wildman–Crippen MR) is 96.2 cm³/mol. The molecule has 2 heterocycles. The second kappa shape index (κ2) is 7.70. The molecule has 1 unspecified atom stereocenters. The van der Waals surface area contributed by atoms with Gasteiger partial charge in [-0.3, -0.25) is 4.98 Å². The number of rotatable bonds is 6. The molecule has 1 aliphatic heterocycles. The lowest BCUT2D eigenvalue weighted by atomic mass is 10.1. The van der Waals surface area contributed by atoms with Gasteiger partial charge in [-0.1, -0.05) is 0 Å². The zero-order chi connectivity index (χ0) is 17.8. The molecular weight excluding hydrogens is 332 g/mol. The molecule has 0 radical (unpaired) electrons. The Kier molecular flexibility index (Phi) is 4.97. The molecule has 2 amide bonds. The molecule has 7 heteroatoms. The Morgan fingerprint density at radius 2 is 2.08 bits per heavy atom. The summed E-state index contributed by atoms with van der Waals surface area (Å²) < 4.78 is 11.0. The van der Waals surface area contributed by atoms with E-state index < -0.39 is 0 Å². The Labute approximate surface area is 152 Å². The van der Waals surface area contributed by atoms with Crippen LogP contribution in [0, 0.1) is 5.92 Å². The predicted octanol–water partition coefficient (Wildman–Crippen LogP) is 3.30. The van der Waals surface area contributed by atoms with E-state index in [0.29, 0.717) is 23.6 Å². The van der Waals surface area contributed by atoms with E-state index in [1.807, 2.05) is 17.0 Å². The van der Waals surface area contributed by atoms with Crippen molar-refractivity contribution < 1.29 is 14.3 Å². The summed E-state index contributed by atoms with van der Waals surface area (Å²) in [5.41, 5.74) is 0.745. The van der Waals surface area contributed by atoms with Crippen LogP contribution >= 0.6 is 0 Å². The van der Waals surface area contributed by atoms with Crippen LogP contribution in [0.1, 0.15) is 19.3 Å². The number of hydrogen-bond acceptors (Lipinski definition) is 5. The highest BCUT2D eigenvalue weighted by Gasteiger charge is 2.34. The van der Waals surface area contributed by atoms with Crippen molar-refractivity contribution in [2.75, 3.05) is 25.1 Å². The van der Waals surface area contributed by atoms with E-state index in [2.05, 4.69) is 15.3 Å². The lowest BCUT2D eigenvalue weighted by Gasteiger charge is -2.25. The number of hydrogen-bond donors (Lipinski definition) is 1. The SMILES string of the molecule is O=C(Nc1ccc(Oc2cnccn2)cc1)N(CC1CCOC1)C1CC1. The highest BCUT2D eigenvalue weighted by Crippen LogP contribution is 2.30. The molecule has 4 rings (SSSR count). The first-order valence-corrected chi connectivity index (χ1v) is 8.97. The minimum atomic E-state index is -0.0398. The maximum absolute atomic E-state index is 12.7. The van der Waals surface area contributed by atoms with Gasteiger partial charge in [-0.25, -0.2) is 9.78 Å². The van der Waals surface area contributed by atoms with Gasteiger partial charge >= 0.3 is 6.03 Å². The first kappa shape index (κ1) is 16.8. The van der Waals surface area contributed by atoms with Crippen molar-refractivity contribution in [3.8, 4) is 11.6 Å². The molecule has 2 aromatic rings. The zero-order valence-electron chi connectivity index (χ0n) is 14.5. The van der Waals surface area contributed by atoms with Crippen LogP contribution in [0.5, 0.6) is 11.6 Å². The number of nitrogens with zero attached hydrogens (tertiary/aromatic N) is 3. The highest BCUT2D eigenvalue weighted by atomic mass is 16.5. The largest absolute Gasteiger partial charge is 0.438 e. The van der Waals surface area contributed by atoms with Crippen molar-refractivity contribution in [2.24, 2.45) is 5.92 Å². The van der Waals surface area contributed by atoms with Gasteiger partial charge in [0.25, 0.3) is 0 Å². The third-order valence-corrected chi connectivity index (χ3v) is 4.59. The number of aromatic nitrogens is 2. The van der Waals surface area contributed by atoms with Gasteiger partial charge in [0.2, 0.25) is 5.88 Å². The van der Waals surface area contributed by atoms with Gasteiger partial charge in [0, 0.05) is 43.2 Å². The molecule has 0 bridgehead atoms. The second-order valence-electron chi connectivity index (χ2n) is 6.71. The van der Waals surface area contributed by atoms with Crippen LogP contribution in [0.2, 0.25) is 0 Å². The molecule has 1 atom stereocenters. The summed E-state index contributed by atoms with van der Waals surface area (Å²) >= 11 is 0. The number of benzene rings is 1. The maximum Gasteiger partial charge on any atom is 0.322 e. The van der Waals surface area contributed by atoms with Gasteiger partial charge in [0.15, 0.2) is 0 Å². The van der Waals surface area contributed by atoms with E-state index in [-0.39, 0.29) is 6.03 Å². The highest BCUT2D eigenvalue weighted by molar-refractivity contribution is 5.89. The van der Waals surface area contributed by atoms with Crippen LogP contribution in [0.4, 0.5) is 10.5 Å². The van der Waals surface area contributed by atoms with Gasteiger partial charge in [0.05, 0.1) is 12.8 Å². The monoisotopic (exact) mass is 354 g/mol. The molecule has 1 saturated carbocycles. The van der Waals surface area contributed by atoms with E-state index in [4.69, 9.17) is 9.47 Å². The number of ether oxygens (including phenoxy) is 2. The quantitative estimate of drug-likeness (QED) is 0.861. The minimum absolute atomic E-state index is 0.0398. The fourth-order valence-electron chi connectivity index (χ4n) is 3.05. The lowest BCUT2D eigenvalue weighted by Crippen LogP contribution is -2.40. The van der Waals surface area contributed by atoms with Crippen molar-refractivity contribution in [3.63, 3.8) is 0 Å². The number of anilines is 1. The van der Waals surface area contributed by atoms with Crippen LogP contribution < -0.4 is 10.1 Å². The zero-order valence-corrected chi connectivity index (χ0v) is 14.5. The summed E-state index contributed by atoms with van der Waals surface area (Å²) in [5.74, 6) is 1.53. The average molecular weight is 354 g/mol. The van der Waals surface area contributed by atoms with E-state index in [1.165, 1.54) is 0 Å². The maximum atomic E-state index is 12.7. The Hall–Kier alpha value is -2.67. The van der Waals surface area contributed by atoms with E-state index in [0.717, 1.165) is 44.7 Å². The van der Waals surface area contributed by atoms with Crippen LogP contribution in [0.3, 0.4) is 0 Å². The summed E-state index contributed by atoms with van der Waals surface area (Å²) in [6, 6.07) is 7.59. The second-order valence-corrected chi connectivity index (χ2v) is 6.71. The lowest BCUT2D eigenvalue weighted by molar-refractivity contribution is 0.167. The molecule has 1 N–H and O–H groups in total. The van der Waals surface area contributed by atoms with Gasteiger partial charge in [-0.15, -0.1) is 0 Å². The van der Waals surface area contributed by atoms with Gasteiger partial charge in [-0.2, -0.15) is 0 Å². The number of carbonyl (C=O) groups is 1. The first-order chi connectivity index (χ1) is 12.8. The molecular formula is C19H22N4O3. The van der Waals surface area contributed by atoms with Crippen LogP contribution in [-0.2, 0) is 4.74 Å². The number of nitrogens with one attached hydrogen (secondary N) is 1. The number of amides is 2. The summed E-state index contributed by atoms with van der Waals surface area (Å²) in [6.45, 7) is 2.33. The van der Waals surface area contributed by atoms with Gasteiger partial charge in [-0.05, 0) is 43.5 Å². The minimum Gasteiger partial charge on any atom is -0.438 e. The van der Waals surface area contributed by atoms with Crippen molar-refractivity contribution in [1.82, 2.24) is 14.9 Å². The van der Waals surface area contributed by atoms with Crippen LogP contribution in [0.25, 0.3) is 0 Å². The Bertz CT molecular complexity index is 728. The fourth-order valence-corrected chi connectivity index (χ4v) is 3.05. The molecule has 1 aliphatic carbocycles. The Balaban J connectivity index is 1.35. The molecule has 2 aliphatic rings. The molecule has 2 fully saturated rings.